The molecule has 0 N–H and O–H groups in total. The van der Waals surface area contributed by atoms with Gasteiger partial charge in [-0.2, -0.15) is 5.10 Å². The van der Waals surface area contributed by atoms with E-state index in [1.165, 1.54) is 6.33 Å². The highest BCUT2D eigenvalue weighted by molar-refractivity contribution is 9.10. The smallest absolute Gasteiger partial charge is 0.236 e. The maximum absolute atomic E-state index is 5.71. The number of aryl methyl sites for hydroxylation is 2. The van der Waals surface area contributed by atoms with E-state index in [1.807, 2.05) is 20.9 Å². The van der Waals surface area contributed by atoms with Crippen LogP contribution in [0.4, 0.5) is 0 Å². The number of aromatic nitrogens is 4. The van der Waals surface area contributed by atoms with Crippen molar-refractivity contribution in [2.45, 2.75) is 13.8 Å². The lowest BCUT2D eigenvalue weighted by atomic mass is 10.3. The monoisotopic (exact) mass is 282 g/mol. The third-order valence-electron chi connectivity index (χ3n) is 2.28. The molecule has 0 spiro atoms. The van der Waals surface area contributed by atoms with Crippen molar-refractivity contribution in [3.8, 4) is 11.6 Å². The van der Waals surface area contributed by atoms with E-state index in [-0.39, 0.29) is 0 Å². The fraction of sp³-hybridized carbons (Fsp3) is 0.300. The molecular weight excluding hydrogens is 272 g/mol. The molecule has 2 aromatic heterocycles. The third kappa shape index (κ3) is 1.92. The van der Waals surface area contributed by atoms with E-state index < -0.39 is 0 Å². The van der Waals surface area contributed by atoms with E-state index >= 15 is 0 Å². The standard InChI is InChI=1S/C10H11BrN4O/c1-6-9(7(2)15(3)14-6)16-10-8(11)4-12-5-13-10/h4-5H,1-3H3. The van der Waals surface area contributed by atoms with Crippen molar-refractivity contribution < 1.29 is 4.74 Å². The lowest BCUT2D eigenvalue weighted by molar-refractivity contribution is 0.450. The molecule has 0 aliphatic carbocycles. The Morgan fingerprint density at radius 3 is 2.69 bits per heavy atom. The van der Waals surface area contributed by atoms with Crippen molar-refractivity contribution in [3.63, 3.8) is 0 Å². The number of ether oxygens (including phenoxy) is 1. The summed E-state index contributed by atoms with van der Waals surface area (Å²) >= 11 is 3.33. The molecule has 5 nitrogen and oxygen atoms in total. The van der Waals surface area contributed by atoms with Crippen LogP contribution in [0.25, 0.3) is 0 Å². The Morgan fingerprint density at radius 2 is 2.12 bits per heavy atom. The molecule has 0 fully saturated rings. The maximum Gasteiger partial charge on any atom is 0.236 e. The Hall–Kier alpha value is -1.43. The van der Waals surface area contributed by atoms with Gasteiger partial charge in [0.2, 0.25) is 5.88 Å². The highest BCUT2D eigenvalue weighted by atomic mass is 79.9. The number of hydrogen-bond acceptors (Lipinski definition) is 4. The average Bonchev–Trinajstić information content (AvgIpc) is 2.48. The topological polar surface area (TPSA) is 52.8 Å². The summed E-state index contributed by atoms with van der Waals surface area (Å²) in [4.78, 5) is 7.93. The fourth-order valence-electron chi connectivity index (χ4n) is 1.38. The van der Waals surface area contributed by atoms with Crippen LogP contribution in [0.15, 0.2) is 17.0 Å². The Balaban J connectivity index is 2.38. The van der Waals surface area contributed by atoms with E-state index in [2.05, 4.69) is 31.0 Å². The molecule has 0 unspecified atom stereocenters. The van der Waals surface area contributed by atoms with Gasteiger partial charge in [0.15, 0.2) is 5.75 Å². The van der Waals surface area contributed by atoms with Gasteiger partial charge in [-0.3, -0.25) is 4.68 Å². The molecule has 2 heterocycles. The number of rotatable bonds is 2. The quantitative estimate of drug-likeness (QED) is 0.849. The lowest BCUT2D eigenvalue weighted by Crippen LogP contribution is -1.94. The molecule has 84 valence electrons. The summed E-state index contributed by atoms with van der Waals surface area (Å²) in [5.74, 6) is 1.23. The second-order valence-corrected chi connectivity index (χ2v) is 4.26. The number of hydrogen-bond donors (Lipinski definition) is 0. The first kappa shape index (κ1) is 11.1. The zero-order valence-electron chi connectivity index (χ0n) is 9.23. The average molecular weight is 283 g/mol. The molecule has 0 saturated carbocycles. The van der Waals surface area contributed by atoms with Crippen molar-refractivity contribution in [1.29, 1.82) is 0 Å². The van der Waals surface area contributed by atoms with Gasteiger partial charge in [0, 0.05) is 13.2 Å². The largest absolute Gasteiger partial charge is 0.434 e. The molecule has 0 radical (unpaired) electrons. The van der Waals surface area contributed by atoms with Gasteiger partial charge in [-0.05, 0) is 29.8 Å². The first-order valence-electron chi connectivity index (χ1n) is 4.73. The van der Waals surface area contributed by atoms with Gasteiger partial charge in [-0.1, -0.05) is 0 Å². The minimum Gasteiger partial charge on any atom is -0.434 e. The number of halogens is 1. The molecule has 6 heteroatoms. The molecule has 0 bridgehead atoms. The summed E-state index contributed by atoms with van der Waals surface area (Å²) in [6.45, 7) is 3.85. The van der Waals surface area contributed by atoms with Crippen LogP contribution in [0, 0.1) is 13.8 Å². The molecule has 0 amide bonds. The van der Waals surface area contributed by atoms with Gasteiger partial charge < -0.3 is 4.74 Å². The summed E-state index contributed by atoms with van der Waals surface area (Å²) < 4.78 is 8.21. The molecule has 16 heavy (non-hydrogen) atoms. The van der Waals surface area contributed by atoms with Crippen molar-refractivity contribution in [3.05, 3.63) is 28.4 Å². The maximum atomic E-state index is 5.71. The Morgan fingerprint density at radius 1 is 1.38 bits per heavy atom. The normalized spacial score (nSPS) is 10.5. The Bertz CT molecular complexity index is 524. The van der Waals surface area contributed by atoms with Gasteiger partial charge in [-0.15, -0.1) is 0 Å². The molecule has 2 aromatic rings. The molecule has 0 aromatic carbocycles. The Kier molecular flexibility index (Phi) is 2.91. The first-order valence-corrected chi connectivity index (χ1v) is 5.52. The van der Waals surface area contributed by atoms with Crippen molar-refractivity contribution in [2.75, 3.05) is 0 Å². The van der Waals surface area contributed by atoms with Crippen LogP contribution in [-0.4, -0.2) is 19.7 Å². The third-order valence-corrected chi connectivity index (χ3v) is 2.82. The van der Waals surface area contributed by atoms with Gasteiger partial charge in [0.1, 0.15) is 12.0 Å². The molecule has 0 saturated heterocycles. The summed E-state index contributed by atoms with van der Waals surface area (Å²) in [5.41, 5.74) is 1.80. The van der Waals surface area contributed by atoms with Crippen LogP contribution < -0.4 is 4.74 Å². The molecule has 0 aliphatic heterocycles. The second kappa shape index (κ2) is 4.21. The van der Waals surface area contributed by atoms with E-state index in [0.29, 0.717) is 5.88 Å². The summed E-state index contributed by atoms with van der Waals surface area (Å²) in [7, 11) is 1.88. The Labute approximate surface area is 102 Å². The molecule has 0 aliphatic rings. The summed E-state index contributed by atoms with van der Waals surface area (Å²) in [5, 5.41) is 4.27. The first-order chi connectivity index (χ1) is 7.59. The van der Waals surface area contributed by atoms with Crippen molar-refractivity contribution in [1.82, 2.24) is 19.7 Å². The highest BCUT2D eigenvalue weighted by Gasteiger charge is 2.13. The predicted octanol–water partition coefficient (Wildman–Crippen LogP) is 2.38. The van der Waals surface area contributed by atoms with E-state index in [4.69, 9.17) is 4.74 Å². The van der Waals surface area contributed by atoms with Gasteiger partial charge in [-0.25, -0.2) is 9.97 Å². The van der Waals surface area contributed by atoms with Gasteiger partial charge >= 0.3 is 0 Å². The summed E-state index contributed by atoms with van der Waals surface area (Å²) in [6.07, 6.45) is 3.09. The van der Waals surface area contributed by atoms with Crippen LogP contribution >= 0.6 is 15.9 Å². The molecule has 0 atom stereocenters. The van der Waals surface area contributed by atoms with Crippen LogP contribution in [0.2, 0.25) is 0 Å². The van der Waals surface area contributed by atoms with E-state index in [9.17, 15) is 0 Å². The SMILES string of the molecule is Cc1nn(C)c(C)c1Oc1ncncc1Br. The highest BCUT2D eigenvalue weighted by Crippen LogP contribution is 2.30. The van der Waals surface area contributed by atoms with E-state index in [0.717, 1.165) is 21.6 Å². The minimum atomic E-state index is 0.495. The molecular formula is C10H11BrN4O. The van der Waals surface area contributed by atoms with Gasteiger partial charge in [0.25, 0.3) is 0 Å². The van der Waals surface area contributed by atoms with Crippen LogP contribution in [0.5, 0.6) is 11.6 Å². The van der Waals surface area contributed by atoms with Crippen molar-refractivity contribution >= 4 is 15.9 Å². The lowest BCUT2D eigenvalue weighted by Gasteiger charge is -2.05. The molecule has 2 rings (SSSR count). The van der Waals surface area contributed by atoms with Crippen molar-refractivity contribution in [2.24, 2.45) is 7.05 Å². The second-order valence-electron chi connectivity index (χ2n) is 3.40. The van der Waals surface area contributed by atoms with Crippen LogP contribution in [0.3, 0.4) is 0 Å². The summed E-state index contributed by atoms with van der Waals surface area (Å²) in [6, 6.07) is 0. The zero-order chi connectivity index (χ0) is 11.7. The zero-order valence-corrected chi connectivity index (χ0v) is 10.8. The van der Waals surface area contributed by atoms with Gasteiger partial charge in [0.05, 0.1) is 10.2 Å². The predicted molar refractivity (Wildman–Crippen MR) is 62.5 cm³/mol. The minimum absolute atomic E-state index is 0.495. The van der Waals surface area contributed by atoms with Crippen LogP contribution in [0.1, 0.15) is 11.4 Å². The van der Waals surface area contributed by atoms with Crippen LogP contribution in [-0.2, 0) is 7.05 Å². The number of nitrogens with zero attached hydrogens (tertiary/aromatic N) is 4. The van der Waals surface area contributed by atoms with E-state index in [1.54, 1.807) is 10.9 Å². The fourth-order valence-corrected chi connectivity index (χ4v) is 1.68.